The van der Waals surface area contributed by atoms with Crippen LogP contribution in [0.4, 0.5) is 30.6 Å². The molecule has 1 fully saturated rings. The van der Waals surface area contributed by atoms with Crippen LogP contribution in [-0.2, 0) is 4.79 Å². The number of nitrogens with one attached hydrogen (secondary N) is 2. The molecule has 0 radical (unpaired) electrons. The van der Waals surface area contributed by atoms with E-state index in [1.54, 1.807) is 17.0 Å². The quantitative estimate of drug-likeness (QED) is 0.663. The number of carbonyl (C=O) groups is 2. The second-order valence-electron chi connectivity index (χ2n) is 6.29. The van der Waals surface area contributed by atoms with Crippen molar-refractivity contribution in [3.8, 4) is 0 Å². The van der Waals surface area contributed by atoms with Crippen molar-refractivity contribution >= 4 is 29.6 Å². The number of carboxylic acid groups (broad SMARTS) is 1. The average Bonchev–Trinajstić information content (AvgIpc) is 2.69. The fourth-order valence-electron chi connectivity index (χ4n) is 2.81. The van der Waals surface area contributed by atoms with E-state index in [1.807, 2.05) is 24.0 Å². The Morgan fingerprint density at radius 2 is 1.59 bits per heavy atom. The normalized spacial score (nSPS) is 13.2. The Labute approximate surface area is 167 Å². The third-order valence-corrected chi connectivity index (χ3v) is 4.19. The van der Waals surface area contributed by atoms with Gasteiger partial charge in [-0.2, -0.15) is 0 Å². The van der Waals surface area contributed by atoms with Gasteiger partial charge in [0, 0.05) is 55.9 Å². The molecular formula is C20H24F2N4O3. The lowest BCUT2D eigenvalue weighted by Gasteiger charge is -2.34. The van der Waals surface area contributed by atoms with Crippen LogP contribution < -0.4 is 15.5 Å². The van der Waals surface area contributed by atoms with Crippen LogP contribution in [-0.4, -0.2) is 55.2 Å². The largest absolute Gasteiger partial charge is 0.465 e. The molecule has 0 unspecified atom stereocenters. The van der Waals surface area contributed by atoms with Gasteiger partial charge >= 0.3 is 6.09 Å². The van der Waals surface area contributed by atoms with Gasteiger partial charge in [-0.05, 0) is 43.3 Å². The number of rotatable bonds is 5. The Morgan fingerprint density at radius 3 is 2.07 bits per heavy atom. The lowest BCUT2D eigenvalue weighted by Crippen LogP contribution is -2.45. The van der Waals surface area contributed by atoms with Gasteiger partial charge in [-0.25, -0.2) is 13.6 Å². The van der Waals surface area contributed by atoms with Crippen LogP contribution in [0.25, 0.3) is 0 Å². The molecule has 0 aliphatic carbocycles. The first-order valence-electron chi connectivity index (χ1n) is 9.15. The molecule has 156 valence electrons. The highest BCUT2D eigenvalue weighted by Gasteiger charge is 2.16. The van der Waals surface area contributed by atoms with Crippen molar-refractivity contribution in [1.29, 1.82) is 0 Å². The Balaban J connectivity index is 0.000000212. The van der Waals surface area contributed by atoms with Gasteiger partial charge in [0.15, 0.2) is 0 Å². The summed E-state index contributed by atoms with van der Waals surface area (Å²) in [6.45, 7) is 5.22. The fraction of sp³-hybridized carbons (Fsp3) is 0.300. The highest BCUT2D eigenvalue weighted by atomic mass is 19.1. The van der Waals surface area contributed by atoms with Crippen molar-refractivity contribution in [1.82, 2.24) is 4.90 Å². The summed E-state index contributed by atoms with van der Waals surface area (Å²) in [5.74, 6) is -1.15. The summed E-state index contributed by atoms with van der Waals surface area (Å²) in [4.78, 5) is 24.3. The zero-order valence-electron chi connectivity index (χ0n) is 16.1. The molecule has 2 amide bonds. The van der Waals surface area contributed by atoms with Crippen LogP contribution in [0.15, 0.2) is 42.5 Å². The summed E-state index contributed by atoms with van der Waals surface area (Å²) >= 11 is 0. The summed E-state index contributed by atoms with van der Waals surface area (Å²) in [6.07, 6.45) is -0.250. The molecule has 3 rings (SSSR count). The molecule has 1 heterocycles. The van der Waals surface area contributed by atoms with Gasteiger partial charge in [-0.15, -0.1) is 0 Å². The third-order valence-electron chi connectivity index (χ3n) is 4.19. The number of amides is 2. The maximum atomic E-state index is 13.0. The predicted molar refractivity (Wildman–Crippen MR) is 108 cm³/mol. The molecular weight excluding hydrogens is 382 g/mol. The molecule has 2 aromatic rings. The van der Waals surface area contributed by atoms with Crippen molar-refractivity contribution in [2.45, 2.75) is 6.92 Å². The number of benzene rings is 2. The molecule has 0 saturated carbocycles. The van der Waals surface area contributed by atoms with Gasteiger partial charge in [0.25, 0.3) is 0 Å². The number of carbonyl (C=O) groups excluding carboxylic acids is 1. The van der Waals surface area contributed by atoms with E-state index < -0.39 is 17.7 Å². The van der Waals surface area contributed by atoms with Gasteiger partial charge in [0.2, 0.25) is 6.41 Å². The number of halogens is 2. The van der Waals surface area contributed by atoms with E-state index in [0.717, 1.165) is 24.7 Å². The highest BCUT2D eigenvalue weighted by Crippen LogP contribution is 2.19. The zero-order valence-corrected chi connectivity index (χ0v) is 16.1. The van der Waals surface area contributed by atoms with Gasteiger partial charge in [-0.3, -0.25) is 10.1 Å². The molecule has 1 saturated heterocycles. The van der Waals surface area contributed by atoms with Crippen molar-refractivity contribution in [3.05, 3.63) is 54.1 Å². The molecule has 9 heteroatoms. The molecule has 0 aromatic heterocycles. The minimum absolute atomic E-state index is 0.531. The summed E-state index contributed by atoms with van der Waals surface area (Å²) < 4.78 is 26.0. The van der Waals surface area contributed by atoms with Crippen LogP contribution in [0, 0.1) is 11.6 Å². The standard InChI is InChI=1S/C11H12F2N2O.C9H12N2O2/c12-9-5-10(13)7-11(6-9)15-3-1-14(8-16)2-4-15;1-2-10-7-3-5-8(6-4-7)11-9(12)13/h5-8H,1-4H2;3-6,10-11H,2H2,1H3,(H,12,13). The predicted octanol–water partition coefficient (Wildman–Crippen LogP) is 3.45. The minimum atomic E-state index is -1.05. The van der Waals surface area contributed by atoms with Crippen molar-refractivity contribution in [3.63, 3.8) is 0 Å². The molecule has 29 heavy (non-hydrogen) atoms. The van der Waals surface area contributed by atoms with Gasteiger partial charge in [0.05, 0.1) is 0 Å². The first kappa shape index (κ1) is 21.9. The smallest absolute Gasteiger partial charge is 0.409 e. The van der Waals surface area contributed by atoms with Crippen LogP contribution in [0.5, 0.6) is 0 Å². The van der Waals surface area contributed by atoms with E-state index in [1.165, 1.54) is 12.1 Å². The molecule has 0 atom stereocenters. The van der Waals surface area contributed by atoms with E-state index in [2.05, 4.69) is 10.6 Å². The average molecular weight is 406 g/mol. The van der Waals surface area contributed by atoms with E-state index in [-0.39, 0.29) is 0 Å². The first-order valence-corrected chi connectivity index (χ1v) is 9.15. The van der Waals surface area contributed by atoms with Gasteiger partial charge in [-0.1, -0.05) is 0 Å². The topological polar surface area (TPSA) is 84.9 Å². The SMILES string of the molecule is CCNc1ccc(NC(=O)O)cc1.O=CN1CCN(c2cc(F)cc(F)c2)CC1. The summed E-state index contributed by atoms with van der Waals surface area (Å²) in [6, 6.07) is 10.5. The molecule has 3 N–H and O–H groups in total. The first-order chi connectivity index (χ1) is 13.9. The van der Waals surface area contributed by atoms with Crippen molar-refractivity contribution in [2.24, 2.45) is 0 Å². The van der Waals surface area contributed by atoms with Crippen LogP contribution >= 0.6 is 0 Å². The van der Waals surface area contributed by atoms with Gasteiger partial charge < -0.3 is 20.2 Å². The molecule has 1 aliphatic heterocycles. The Kier molecular flexibility index (Phi) is 8.20. The maximum absolute atomic E-state index is 13.0. The fourth-order valence-corrected chi connectivity index (χ4v) is 2.81. The van der Waals surface area contributed by atoms with Gasteiger partial charge in [0.1, 0.15) is 11.6 Å². The van der Waals surface area contributed by atoms with Crippen LogP contribution in [0.2, 0.25) is 0 Å². The zero-order chi connectivity index (χ0) is 21.2. The number of anilines is 3. The molecule has 1 aliphatic rings. The lowest BCUT2D eigenvalue weighted by atomic mass is 10.2. The number of nitrogens with zero attached hydrogens (tertiary/aromatic N) is 2. The summed E-state index contributed by atoms with van der Waals surface area (Å²) in [7, 11) is 0. The third kappa shape index (κ3) is 7.28. The Bertz CT molecular complexity index is 790. The number of piperazine rings is 1. The minimum Gasteiger partial charge on any atom is -0.465 e. The summed E-state index contributed by atoms with van der Waals surface area (Å²) in [5.41, 5.74) is 2.09. The Hall–Kier alpha value is -3.36. The molecule has 0 bridgehead atoms. The van der Waals surface area contributed by atoms with E-state index in [0.29, 0.717) is 37.6 Å². The van der Waals surface area contributed by atoms with Crippen molar-refractivity contribution < 1.29 is 23.5 Å². The Morgan fingerprint density at radius 1 is 1.03 bits per heavy atom. The second-order valence-corrected chi connectivity index (χ2v) is 6.29. The van der Waals surface area contributed by atoms with Crippen LogP contribution in [0.1, 0.15) is 6.92 Å². The lowest BCUT2D eigenvalue weighted by molar-refractivity contribution is -0.118. The number of hydrogen-bond acceptors (Lipinski definition) is 4. The van der Waals surface area contributed by atoms with Crippen molar-refractivity contribution in [2.75, 3.05) is 48.3 Å². The molecule has 0 spiro atoms. The van der Waals surface area contributed by atoms with E-state index in [4.69, 9.17) is 5.11 Å². The van der Waals surface area contributed by atoms with E-state index in [9.17, 15) is 18.4 Å². The number of hydrogen-bond donors (Lipinski definition) is 3. The van der Waals surface area contributed by atoms with E-state index >= 15 is 0 Å². The highest BCUT2D eigenvalue weighted by molar-refractivity contribution is 5.83. The molecule has 2 aromatic carbocycles. The maximum Gasteiger partial charge on any atom is 0.409 e. The van der Waals surface area contributed by atoms with Crippen LogP contribution in [0.3, 0.4) is 0 Å². The molecule has 7 nitrogen and oxygen atoms in total. The summed E-state index contributed by atoms with van der Waals surface area (Å²) in [5, 5.41) is 13.8. The monoisotopic (exact) mass is 406 g/mol. The second kappa shape index (κ2) is 10.8.